The van der Waals surface area contributed by atoms with E-state index in [0.29, 0.717) is 18.9 Å². The molecule has 96 valence electrons. The molecule has 6 nitrogen and oxygen atoms in total. The maximum Gasteiger partial charge on any atom is 0.242 e. The quantitative estimate of drug-likeness (QED) is 0.672. The molecule has 0 bridgehead atoms. The van der Waals surface area contributed by atoms with Crippen LogP contribution in [0.3, 0.4) is 0 Å². The van der Waals surface area contributed by atoms with E-state index in [9.17, 15) is 14.4 Å². The van der Waals surface area contributed by atoms with Crippen molar-refractivity contribution in [2.45, 2.75) is 26.3 Å². The normalized spacial score (nSPS) is 23.4. The molecule has 0 aromatic heterocycles. The Kier molecular flexibility index (Phi) is 4.48. The monoisotopic (exact) mass is 241 g/mol. The second-order valence-electron chi connectivity index (χ2n) is 4.43. The van der Waals surface area contributed by atoms with Crippen molar-refractivity contribution in [2.24, 2.45) is 5.92 Å². The fraction of sp³-hybridized carbons (Fsp3) is 0.727. The Hall–Kier alpha value is -1.59. The molecule has 0 aliphatic carbocycles. The van der Waals surface area contributed by atoms with Crippen LogP contribution in [0.2, 0.25) is 0 Å². The van der Waals surface area contributed by atoms with Crippen molar-refractivity contribution in [3.05, 3.63) is 0 Å². The predicted molar refractivity (Wildman–Crippen MR) is 62.0 cm³/mol. The average molecular weight is 241 g/mol. The van der Waals surface area contributed by atoms with E-state index in [1.165, 1.54) is 6.92 Å². The van der Waals surface area contributed by atoms with Gasteiger partial charge in [0.05, 0.1) is 6.54 Å². The molecule has 1 aliphatic heterocycles. The second kappa shape index (κ2) is 5.65. The molecule has 2 atom stereocenters. The molecular weight excluding hydrogens is 222 g/mol. The molecule has 1 rings (SSSR count). The molecule has 1 aliphatic rings. The molecular formula is C11H19N3O3. The summed E-state index contributed by atoms with van der Waals surface area (Å²) < 4.78 is 0. The molecule has 6 heteroatoms. The highest BCUT2D eigenvalue weighted by Gasteiger charge is 2.36. The van der Waals surface area contributed by atoms with Gasteiger partial charge in [0.1, 0.15) is 6.04 Å². The summed E-state index contributed by atoms with van der Waals surface area (Å²) in [5.74, 6) is -0.302. The Labute approximate surface area is 101 Å². The lowest BCUT2D eigenvalue weighted by Crippen LogP contribution is -2.48. The molecule has 2 N–H and O–H groups in total. The summed E-state index contributed by atoms with van der Waals surface area (Å²) in [6.45, 7) is 3.88. The van der Waals surface area contributed by atoms with Crippen molar-refractivity contribution in [1.29, 1.82) is 0 Å². The topological polar surface area (TPSA) is 78.5 Å². The van der Waals surface area contributed by atoms with Crippen LogP contribution in [0.4, 0.5) is 0 Å². The number of hydrogen-bond acceptors (Lipinski definition) is 3. The Morgan fingerprint density at radius 1 is 1.35 bits per heavy atom. The molecule has 0 unspecified atom stereocenters. The summed E-state index contributed by atoms with van der Waals surface area (Å²) in [6.07, 6.45) is 0.672. The van der Waals surface area contributed by atoms with Crippen LogP contribution in [0.1, 0.15) is 20.3 Å². The SMILES string of the molecule is CNC(=O)[C@@H]1C[C@@H](C)CN1C(=O)CNC(C)=O. The van der Waals surface area contributed by atoms with E-state index in [4.69, 9.17) is 0 Å². The van der Waals surface area contributed by atoms with E-state index in [0.717, 1.165) is 0 Å². The number of likely N-dealkylation sites (N-methyl/N-ethyl adjacent to an activating group) is 1. The largest absolute Gasteiger partial charge is 0.357 e. The molecule has 1 fully saturated rings. The zero-order valence-electron chi connectivity index (χ0n) is 10.4. The first-order valence-corrected chi connectivity index (χ1v) is 5.71. The standard InChI is InChI=1S/C11H19N3O3/c1-7-4-9(11(17)12-3)14(6-7)10(16)5-13-8(2)15/h7,9H,4-6H2,1-3H3,(H,12,17)(H,13,15)/t7-,9+/m1/s1. The van der Waals surface area contributed by atoms with Crippen LogP contribution in [-0.2, 0) is 14.4 Å². The highest BCUT2D eigenvalue weighted by Crippen LogP contribution is 2.22. The van der Waals surface area contributed by atoms with Crippen molar-refractivity contribution >= 4 is 17.7 Å². The fourth-order valence-corrected chi connectivity index (χ4v) is 2.04. The maximum absolute atomic E-state index is 11.9. The molecule has 3 amide bonds. The van der Waals surface area contributed by atoms with Crippen LogP contribution < -0.4 is 10.6 Å². The van der Waals surface area contributed by atoms with Crippen LogP contribution >= 0.6 is 0 Å². The van der Waals surface area contributed by atoms with Crippen LogP contribution in [0.5, 0.6) is 0 Å². The smallest absolute Gasteiger partial charge is 0.242 e. The van der Waals surface area contributed by atoms with Gasteiger partial charge in [0.15, 0.2) is 0 Å². The molecule has 0 spiro atoms. The van der Waals surface area contributed by atoms with Crippen molar-refractivity contribution < 1.29 is 14.4 Å². The first kappa shape index (κ1) is 13.5. The summed E-state index contributed by atoms with van der Waals surface area (Å²) >= 11 is 0. The first-order valence-electron chi connectivity index (χ1n) is 5.71. The molecule has 1 saturated heterocycles. The number of hydrogen-bond donors (Lipinski definition) is 2. The lowest BCUT2D eigenvalue weighted by molar-refractivity contribution is -0.138. The van der Waals surface area contributed by atoms with Gasteiger partial charge in [-0.25, -0.2) is 0 Å². The number of carbonyl (C=O) groups excluding carboxylic acids is 3. The van der Waals surface area contributed by atoms with E-state index in [2.05, 4.69) is 10.6 Å². The number of nitrogens with one attached hydrogen (secondary N) is 2. The molecule has 0 saturated carbocycles. The third kappa shape index (κ3) is 3.44. The lowest BCUT2D eigenvalue weighted by Gasteiger charge is -2.23. The summed E-state index contributed by atoms with van der Waals surface area (Å²) in [7, 11) is 1.56. The van der Waals surface area contributed by atoms with Gasteiger partial charge in [-0.2, -0.15) is 0 Å². The second-order valence-corrected chi connectivity index (χ2v) is 4.43. The van der Waals surface area contributed by atoms with Gasteiger partial charge >= 0.3 is 0 Å². The van der Waals surface area contributed by atoms with Gasteiger partial charge in [-0.15, -0.1) is 0 Å². The fourth-order valence-electron chi connectivity index (χ4n) is 2.04. The van der Waals surface area contributed by atoms with E-state index >= 15 is 0 Å². The summed E-state index contributed by atoms with van der Waals surface area (Å²) in [6, 6.07) is -0.406. The minimum atomic E-state index is -0.406. The number of amides is 3. The summed E-state index contributed by atoms with van der Waals surface area (Å²) in [5, 5.41) is 5.01. The van der Waals surface area contributed by atoms with E-state index in [1.807, 2.05) is 6.92 Å². The summed E-state index contributed by atoms with van der Waals surface area (Å²) in [4.78, 5) is 35.8. The zero-order chi connectivity index (χ0) is 13.0. The predicted octanol–water partition coefficient (Wildman–Crippen LogP) is -0.894. The highest BCUT2D eigenvalue weighted by molar-refractivity contribution is 5.90. The van der Waals surface area contributed by atoms with Crippen LogP contribution in [0, 0.1) is 5.92 Å². The molecule has 17 heavy (non-hydrogen) atoms. The highest BCUT2D eigenvalue weighted by atomic mass is 16.2. The number of likely N-dealkylation sites (tertiary alicyclic amines) is 1. The van der Waals surface area contributed by atoms with Crippen LogP contribution in [0.25, 0.3) is 0 Å². The summed E-state index contributed by atoms with van der Waals surface area (Å²) in [5.41, 5.74) is 0. The van der Waals surface area contributed by atoms with Gasteiger partial charge in [-0.05, 0) is 12.3 Å². The Bertz CT molecular complexity index is 330. The van der Waals surface area contributed by atoms with Gasteiger partial charge in [-0.1, -0.05) is 6.92 Å². The van der Waals surface area contributed by atoms with E-state index < -0.39 is 6.04 Å². The van der Waals surface area contributed by atoms with Gasteiger partial charge in [0.25, 0.3) is 0 Å². The van der Waals surface area contributed by atoms with E-state index in [-0.39, 0.29) is 24.3 Å². The molecule has 0 radical (unpaired) electrons. The van der Waals surface area contributed by atoms with Crippen LogP contribution in [-0.4, -0.2) is 48.8 Å². The Morgan fingerprint density at radius 2 is 2.00 bits per heavy atom. The lowest BCUT2D eigenvalue weighted by atomic mass is 10.1. The Morgan fingerprint density at radius 3 is 2.53 bits per heavy atom. The molecule has 0 aromatic carbocycles. The number of nitrogens with zero attached hydrogens (tertiary/aromatic N) is 1. The van der Waals surface area contributed by atoms with Crippen LogP contribution in [0.15, 0.2) is 0 Å². The first-order chi connectivity index (χ1) is 7.95. The third-order valence-electron chi connectivity index (χ3n) is 2.87. The van der Waals surface area contributed by atoms with Gasteiger partial charge in [0, 0.05) is 20.5 Å². The van der Waals surface area contributed by atoms with E-state index in [1.54, 1.807) is 11.9 Å². The average Bonchev–Trinajstić information content (AvgIpc) is 2.67. The Balaban J connectivity index is 2.63. The molecule has 1 heterocycles. The van der Waals surface area contributed by atoms with Gasteiger partial charge < -0.3 is 15.5 Å². The number of carbonyl (C=O) groups is 3. The number of rotatable bonds is 3. The van der Waals surface area contributed by atoms with Crippen molar-refractivity contribution in [1.82, 2.24) is 15.5 Å². The van der Waals surface area contributed by atoms with Crippen molar-refractivity contribution in [3.8, 4) is 0 Å². The van der Waals surface area contributed by atoms with Gasteiger partial charge in [0.2, 0.25) is 17.7 Å². The van der Waals surface area contributed by atoms with Crippen molar-refractivity contribution in [3.63, 3.8) is 0 Å². The van der Waals surface area contributed by atoms with Gasteiger partial charge in [-0.3, -0.25) is 14.4 Å². The minimum absolute atomic E-state index is 0.0461. The van der Waals surface area contributed by atoms with Crippen molar-refractivity contribution in [2.75, 3.05) is 20.1 Å². The zero-order valence-corrected chi connectivity index (χ0v) is 10.4. The molecule has 0 aromatic rings. The third-order valence-corrected chi connectivity index (χ3v) is 2.87. The maximum atomic E-state index is 11.9. The minimum Gasteiger partial charge on any atom is -0.357 e.